The van der Waals surface area contributed by atoms with Crippen LogP contribution in [-0.2, 0) is 4.74 Å². The van der Waals surface area contributed by atoms with Gasteiger partial charge >= 0.3 is 12.3 Å². The second kappa shape index (κ2) is 5.14. The number of methoxy groups -OCH3 is 1. The topological polar surface area (TPSA) is 59.3 Å². The van der Waals surface area contributed by atoms with Crippen LogP contribution in [0.3, 0.4) is 0 Å². The molecule has 8 heteroatoms. The first-order valence-corrected chi connectivity index (χ1v) is 4.74. The summed E-state index contributed by atoms with van der Waals surface area (Å²) >= 11 is 5.60. The van der Waals surface area contributed by atoms with Crippen molar-refractivity contribution in [2.24, 2.45) is 0 Å². The van der Waals surface area contributed by atoms with Crippen LogP contribution in [0.5, 0.6) is 5.75 Å². The van der Waals surface area contributed by atoms with Gasteiger partial charge in [-0.1, -0.05) is 11.6 Å². The number of nitriles is 1. The SMILES string of the molecule is COC(=O)c1cc(C#N)c(OC(F)(F)F)cc1Cl. The molecule has 0 aromatic heterocycles. The Hall–Kier alpha value is -1.94. The maximum absolute atomic E-state index is 12.0. The minimum absolute atomic E-state index is 0.217. The summed E-state index contributed by atoms with van der Waals surface area (Å²) in [5.74, 6) is -1.64. The molecular formula is C10H5ClF3NO3. The van der Waals surface area contributed by atoms with Crippen LogP contribution in [0.1, 0.15) is 15.9 Å². The standard InChI is InChI=1S/C10H5ClF3NO3/c1-17-9(16)6-2-5(4-15)8(3-7(6)11)18-10(12,13)14/h2-3H,1H3. The Morgan fingerprint density at radius 1 is 1.44 bits per heavy atom. The minimum Gasteiger partial charge on any atom is -0.465 e. The zero-order valence-corrected chi connectivity index (χ0v) is 9.59. The number of carbonyl (C=O) groups is 1. The number of alkyl halides is 3. The lowest BCUT2D eigenvalue weighted by atomic mass is 10.1. The molecule has 4 nitrogen and oxygen atoms in total. The van der Waals surface area contributed by atoms with Crippen LogP contribution >= 0.6 is 11.6 Å². The Balaban J connectivity index is 3.28. The summed E-state index contributed by atoms with van der Waals surface area (Å²) in [5.41, 5.74) is -0.692. The lowest BCUT2D eigenvalue weighted by molar-refractivity contribution is -0.274. The summed E-state index contributed by atoms with van der Waals surface area (Å²) < 4.78 is 44.1. The van der Waals surface area contributed by atoms with E-state index in [1.165, 1.54) is 6.07 Å². The molecule has 0 unspecified atom stereocenters. The lowest BCUT2D eigenvalue weighted by Crippen LogP contribution is -2.18. The second-order valence-corrected chi connectivity index (χ2v) is 3.39. The Morgan fingerprint density at radius 2 is 2.06 bits per heavy atom. The van der Waals surface area contributed by atoms with Crippen molar-refractivity contribution in [1.82, 2.24) is 0 Å². The van der Waals surface area contributed by atoms with Gasteiger partial charge in [-0.15, -0.1) is 13.2 Å². The molecule has 0 radical (unpaired) electrons. The van der Waals surface area contributed by atoms with Gasteiger partial charge in [-0.3, -0.25) is 0 Å². The number of rotatable bonds is 2. The number of nitrogens with zero attached hydrogens (tertiary/aromatic N) is 1. The largest absolute Gasteiger partial charge is 0.573 e. The molecule has 0 aliphatic heterocycles. The van der Waals surface area contributed by atoms with E-state index in [-0.39, 0.29) is 10.6 Å². The molecule has 0 saturated carbocycles. The summed E-state index contributed by atoms with van der Waals surface area (Å²) in [6.07, 6.45) is -4.96. The third kappa shape index (κ3) is 3.28. The number of carbonyl (C=O) groups excluding carboxylic acids is 1. The maximum Gasteiger partial charge on any atom is 0.573 e. The highest BCUT2D eigenvalue weighted by Crippen LogP contribution is 2.31. The van der Waals surface area contributed by atoms with E-state index in [2.05, 4.69) is 9.47 Å². The third-order valence-corrected chi connectivity index (χ3v) is 2.13. The number of esters is 1. The normalized spacial score (nSPS) is 10.7. The molecule has 0 aliphatic carbocycles. The molecule has 0 bridgehead atoms. The van der Waals surface area contributed by atoms with Gasteiger partial charge < -0.3 is 9.47 Å². The van der Waals surface area contributed by atoms with E-state index in [4.69, 9.17) is 16.9 Å². The molecular weight excluding hydrogens is 275 g/mol. The molecule has 0 atom stereocenters. The van der Waals surface area contributed by atoms with Crippen molar-refractivity contribution < 1.29 is 27.4 Å². The van der Waals surface area contributed by atoms with E-state index in [1.807, 2.05) is 0 Å². The predicted molar refractivity (Wildman–Crippen MR) is 54.2 cm³/mol. The minimum atomic E-state index is -4.96. The van der Waals surface area contributed by atoms with Crippen LogP contribution in [0, 0.1) is 11.3 Å². The van der Waals surface area contributed by atoms with Crippen molar-refractivity contribution in [2.75, 3.05) is 7.11 Å². The van der Waals surface area contributed by atoms with Crippen LogP contribution in [0.15, 0.2) is 12.1 Å². The smallest absolute Gasteiger partial charge is 0.465 e. The highest BCUT2D eigenvalue weighted by molar-refractivity contribution is 6.33. The Bertz CT molecular complexity index is 522. The van der Waals surface area contributed by atoms with E-state index < -0.39 is 23.6 Å². The first kappa shape index (κ1) is 14.1. The summed E-state index contributed by atoms with van der Waals surface area (Å²) in [5, 5.41) is 8.39. The van der Waals surface area contributed by atoms with E-state index in [1.54, 1.807) is 0 Å². The Kier molecular flexibility index (Phi) is 4.03. The molecule has 1 aromatic rings. The average Bonchev–Trinajstić information content (AvgIpc) is 2.26. The fourth-order valence-corrected chi connectivity index (χ4v) is 1.35. The van der Waals surface area contributed by atoms with Gasteiger partial charge in [-0.2, -0.15) is 5.26 Å². The zero-order chi connectivity index (χ0) is 13.9. The van der Waals surface area contributed by atoms with E-state index >= 15 is 0 Å². The number of halogens is 4. The first-order chi connectivity index (χ1) is 8.28. The number of ether oxygens (including phenoxy) is 2. The maximum atomic E-state index is 12.0. The van der Waals surface area contributed by atoms with Crippen molar-refractivity contribution in [3.8, 4) is 11.8 Å². The molecule has 1 rings (SSSR count). The molecule has 96 valence electrons. The number of hydrogen-bond donors (Lipinski definition) is 0. The predicted octanol–water partition coefficient (Wildman–Crippen LogP) is 2.90. The van der Waals surface area contributed by atoms with Crippen LogP contribution in [0.2, 0.25) is 5.02 Å². The van der Waals surface area contributed by atoms with Crippen LogP contribution in [0.4, 0.5) is 13.2 Å². The van der Waals surface area contributed by atoms with Crippen molar-refractivity contribution in [1.29, 1.82) is 5.26 Å². The molecule has 0 amide bonds. The molecule has 0 N–H and O–H groups in total. The lowest BCUT2D eigenvalue weighted by Gasteiger charge is -2.11. The quantitative estimate of drug-likeness (QED) is 0.781. The molecule has 1 aromatic carbocycles. The summed E-state index contributed by atoms with van der Waals surface area (Å²) in [6, 6.07) is 3.08. The monoisotopic (exact) mass is 279 g/mol. The molecule has 0 heterocycles. The van der Waals surface area contributed by atoms with Crippen LogP contribution < -0.4 is 4.74 Å². The van der Waals surface area contributed by atoms with Crippen molar-refractivity contribution >= 4 is 17.6 Å². The van der Waals surface area contributed by atoms with Crippen molar-refractivity contribution in [3.63, 3.8) is 0 Å². The van der Waals surface area contributed by atoms with Gasteiger partial charge in [0.15, 0.2) is 0 Å². The van der Waals surface area contributed by atoms with Gasteiger partial charge in [0.1, 0.15) is 11.8 Å². The third-order valence-electron chi connectivity index (χ3n) is 1.82. The van der Waals surface area contributed by atoms with Gasteiger partial charge in [0, 0.05) is 6.07 Å². The molecule has 0 saturated heterocycles. The fraction of sp³-hybridized carbons (Fsp3) is 0.200. The molecule has 18 heavy (non-hydrogen) atoms. The van der Waals surface area contributed by atoms with Crippen molar-refractivity contribution in [3.05, 3.63) is 28.3 Å². The number of hydrogen-bond acceptors (Lipinski definition) is 4. The van der Waals surface area contributed by atoms with Crippen LogP contribution in [-0.4, -0.2) is 19.4 Å². The summed E-state index contributed by atoms with van der Waals surface area (Å²) in [7, 11) is 1.07. The summed E-state index contributed by atoms with van der Waals surface area (Å²) in [4.78, 5) is 11.2. The fourth-order valence-electron chi connectivity index (χ4n) is 1.12. The number of benzene rings is 1. The van der Waals surface area contributed by atoms with E-state index in [0.29, 0.717) is 0 Å². The zero-order valence-electron chi connectivity index (χ0n) is 8.84. The van der Waals surface area contributed by atoms with Gasteiger partial charge in [0.25, 0.3) is 0 Å². The van der Waals surface area contributed by atoms with E-state index in [0.717, 1.165) is 19.2 Å². The average molecular weight is 280 g/mol. The Labute approximate surface area is 104 Å². The summed E-state index contributed by atoms with van der Waals surface area (Å²) in [6.45, 7) is 0. The van der Waals surface area contributed by atoms with Crippen LogP contribution in [0.25, 0.3) is 0 Å². The van der Waals surface area contributed by atoms with Gasteiger partial charge in [0.2, 0.25) is 0 Å². The van der Waals surface area contributed by atoms with Gasteiger partial charge in [-0.05, 0) is 6.07 Å². The molecule has 0 fully saturated rings. The van der Waals surface area contributed by atoms with Gasteiger partial charge in [-0.25, -0.2) is 4.79 Å². The Morgan fingerprint density at radius 3 is 2.50 bits per heavy atom. The van der Waals surface area contributed by atoms with E-state index in [9.17, 15) is 18.0 Å². The first-order valence-electron chi connectivity index (χ1n) is 4.36. The second-order valence-electron chi connectivity index (χ2n) is 2.98. The van der Waals surface area contributed by atoms with Gasteiger partial charge in [0.05, 0.1) is 23.3 Å². The van der Waals surface area contributed by atoms with Crippen molar-refractivity contribution in [2.45, 2.75) is 6.36 Å². The molecule has 0 spiro atoms. The highest BCUT2D eigenvalue weighted by Gasteiger charge is 2.33. The highest BCUT2D eigenvalue weighted by atomic mass is 35.5. The molecule has 0 aliphatic rings.